The molecule has 2 rings (SSSR count). The normalized spacial score (nSPS) is 12.0. The van der Waals surface area contributed by atoms with Gasteiger partial charge in [0, 0.05) is 38.6 Å². The standard InChI is InChI=1S/C21H32N4O3S/c1-6-24(7-2)15-17-11-10-12-18(13-17)22-21(26)20-14-19(16-23(20)5)29(27,28)25(8-3)9-4/h10-14,16H,6-9,15H2,1-5H3,(H,22,26). The van der Waals surface area contributed by atoms with Crippen LogP contribution in [0.4, 0.5) is 5.69 Å². The first-order valence-electron chi connectivity index (χ1n) is 10.1. The Kier molecular flexibility index (Phi) is 8.01. The van der Waals surface area contributed by atoms with Crippen molar-refractivity contribution in [1.29, 1.82) is 0 Å². The Balaban J connectivity index is 2.21. The van der Waals surface area contributed by atoms with Crippen LogP contribution in [0.1, 0.15) is 43.7 Å². The number of carbonyl (C=O) groups is 1. The second-order valence-electron chi connectivity index (χ2n) is 6.88. The van der Waals surface area contributed by atoms with Gasteiger partial charge >= 0.3 is 0 Å². The number of carbonyl (C=O) groups excluding carboxylic acids is 1. The van der Waals surface area contributed by atoms with Crippen molar-refractivity contribution >= 4 is 21.6 Å². The molecule has 1 amide bonds. The van der Waals surface area contributed by atoms with Gasteiger partial charge < -0.3 is 9.88 Å². The lowest BCUT2D eigenvalue weighted by Crippen LogP contribution is -2.30. The molecule has 0 radical (unpaired) electrons. The highest BCUT2D eigenvalue weighted by Crippen LogP contribution is 2.20. The summed E-state index contributed by atoms with van der Waals surface area (Å²) < 4.78 is 28.4. The highest BCUT2D eigenvalue weighted by atomic mass is 32.2. The number of aromatic nitrogens is 1. The van der Waals surface area contributed by atoms with Gasteiger partial charge in [0.1, 0.15) is 10.6 Å². The third-order valence-electron chi connectivity index (χ3n) is 5.04. The van der Waals surface area contributed by atoms with Crippen LogP contribution >= 0.6 is 0 Å². The van der Waals surface area contributed by atoms with Crippen LogP contribution in [-0.2, 0) is 23.6 Å². The summed E-state index contributed by atoms with van der Waals surface area (Å²) >= 11 is 0. The number of rotatable bonds is 10. The van der Waals surface area contributed by atoms with Crippen LogP contribution < -0.4 is 5.32 Å². The second kappa shape index (κ2) is 10.0. The van der Waals surface area contributed by atoms with E-state index in [2.05, 4.69) is 24.1 Å². The minimum atomic E-state index is -3.61. The van der Waals surface area contributed by atoms with Crippen molar-refractivity contribution in [2.45, 2.75) is 39.1 Å². The Morgan fingerprint density at radius 3 is 2.28 bits per heavy atom. The number of aryl methyl sites for hydroxylation is 1. The van der Waals surface area contributed by atoms with Crippen LogP contribution in [-0.4, -0.2) is 54.3 Å². The van der Waals surface area contributed by atoms with Crippen LogP contribution in [0.2, 0.25) is 0 Å². The van der Waals surface area contributed by atoms with Gasteiger partial charge in [-0.15, -0.1) is 0 Å². The van der Waals surface area contributed by atoms with Gasteiger partial charge in [-0.3, -0.25) is 9.69 Å². The lowest BCUT2D eigenvalue weighted by molar-refractivity contribution is 0.101. The number of anilines is 1. The maximum absolute atomic E-state index is 12.8. The van der Waals surface area contributed by atoms with Crippen molar-refractivity contribution in [2.75, 3.05) is 31.5 Å². The van der Waals surface area contributed by atoms with E-state index in [-0.39, 0.29) is 10.8 Å². The molecule has 8 heteroatoms. The average molecular weight is 421 g/mol. The number of sulfonamides is 1. The van der Waals surface area contributed by atoms with Gasteiger partial charge in [0.05, 0.1) is 0 Å². The first-order chi connectivity index (χ1) is 13.8. The summed E-state index contributed by atoms with van der Waals surface area (Å²) in [7, 11) is -1.93. The van der Waals surface area contributed by atoms with E-state index in [0.717, 1.165) is 25.2 Å². The van der Waals surface area contributed by atoms with E-state index in [1.807, 2.05) is 24.3 Å². The fourth-order valence-electron chi connectivity index (χ4n) is 3.26. The maximum Gasteiger partial charge on any atom is 0.272 e. The molecule has 0 aliphatic heterocycles. The highest BCUT2D eigenvalue weighted by Gasteiger charge is 2.25. The minimum Gasteiger partial charge on any atom is -0.345 e. The minimum absolute atomic E-state index is 0.129. The molecule has 0 bridgehead atoms. The Labute approximate surface area is 174 Å². The van der Waals surface area contributed by atoms with E-state index < -0.39 is 10.0 Å². The van der Waals surface area contributed by atoms with E-state index in [0.29, 0.717) is 24.5 Å². The van der Waals surface area contributed by atoms with Crippen LogP contribution in [0.3, 0.4) is 0 Å². The molecule has 0 atom stereocenters. The molecule has 0 unspecified atom stereocenters. The van der Waals surface area contributed by atoms with Crippen LogP contribution in [0.15, 0.2) is 41.4 Å². The predicted molar refractivity (Wildman–Crippen MR) is 117 cm³/mol. The molecule has 7 nitrogen and oxygen atoms in total. The summed E-state index contributed by atoms with van der Waals surface area (Å²) in [6.45, 7) is 11.3. The topological polar surface area (TPSA) is 74.7 Å². The van der Waals surface area contributed by atoms with Gasteiger partial charge in [-0.1, -0.05) is 39.8 Å². The first-order valence-corrected chi connectivity index (χ1v) is 11.5. The summed E-state index contributed by atoms with van der Waals surface area (Å²) in [5.74, 6) is -0.339. The van der Waals surface area contributed by atoms with Crippen molar-refractivity contribution in [1.82, 2.24) is 13.8 Å². The van der Waals surface area contributed by atoms with E-state index in [4.69, 9.17) is 0 Å². The summed E-state index contributed by atoms with van der Waals surface area (Å²) in [5.41, 5.74) is 2.10. The van der Waals surface area contributed by atoms with Gasteiger partial charge in [0.2, 0.25) is 10.0 Å². The van der Waals surface area contributed by atoms with Crippen molar-refractivity contribution in [3.05, 3.63) is 47.8 Å². The van der Waals surface area contributed by atoms with E-state index in [9.17, 15) is 13.2 Å². The Bertz CT molecular complexity index is 929. The number of amides is 1. The fourth-order valence-corrected chi connectivity index (χ4v) is 4.79. The van der Waals surface area contributed by atoms with Crippen molar-refractivity contribution < 1.29 is 13.2 Å². The number of benzene rings is 1. The third-order valence-corrected chi connectivity index (χ3v) is 7.06. The Morgan fingerprint density at radius 1 is 1.03 bits per heavy atom. The maximum atomic E-state index is 12.8. The Morgan fingerprint density at radius 2 is 1.69 bits per heavy atom. The summed E-state index contributed by atoms with van der Waals surface area (Å²) in [6.07, 6.45) is 1.49. The number of hydrogen-bond donors (Lipinski definition) is 1. The molecule has 0 aliphatic rings. The lowest BCUT2D eigenvalue weighted by atomic mass is 10.2. The molecule has 2 aromatic rings. The van der Waals surface area contributed by atoms with E-state index in [1.165, 1.54) is 16.6 Å². The first kappa shape index (κ1) is 23.1. The Hall–Kier alpha value is -2.16. The largest absolute Gasteiger partial charge is 0.345 e. The van der Waals surface area contributed by atoms with E-state index in [1.54, 1.807) is 25.5 Å². The van der Waals surface area contributed by atoms with Crippen molar-refractivity contribution in [2.24, 2.45) is 7.05 Å². The molecule has 160 valence electrons. The molecule has 1 aromatic heterocycles. The summed E-state index contributed by atoms with van der Waals surface area (Å²) in [6, 6.07) is 9.16. The van der Waals surface area contributed by atoms with Crippen molar-refractivity contribution in [3.8, 4) is 0 Å². The monoisotopic (exact) mass is 420 g/mol. The molecule has 1 heterocycles. The predicted octanol–water partition coefficient (Wildman–Crippen LogP) is 3.15. The molecule has 0 saturated carbocycles. The number of nitrogens with one attached hydrogen (secondary N) is 1. The molecule has 0 saturated heterocycles. The zero-order valence-electron chi connectivity index (χ0n) is 18.0. The number of nitrogens with zero attached hydrogens (tertiary/aromatic N) is 3. The van der Waals surface area contributed by atoms with Gasteiger partial charge in [0.15, 0.2) is 0 Å². The van der Waals surface area contributed by atoms with Crippen molar-refractivity contribution in [3.63, 3.8) is 0 Å². The summed E-state index contributed by atoms with van der Waals surface area (Å²) in [4.78, 5) is 15.2. The van der Waals surface area contributed by atoms with Crippen LogP contribution in [0, 0.1) is 0 Å². The lowest BCUT2D eigenvalue weighted by Gasteiger charge is -2.18. The molecule has 1 aromatic carbocycles. The molecule has 0 spiro atoms. The SMILES string of the molecule is CCN(CC)Cc1cccc(NC(=O)c2cc(S(=O)(=O)N(CC)CC)cn2C)c1. The van der Waals surface area contributed by atoms with Crippen LogP contribution in [0.5, 0.6) is 0 Å². The molecule has 0 fully saturated rings. The molecule has 29 heavy (non-hydrogen) atoms. The molecule has 1 N–H and O–H groups in total. The highest BCUT2D eigenvalue weighted by molar-refractivity contribution is 7.89. The smallest absolute Gasteiger partial charge is 0.272 e. The molecule has 0 aliphatic carbocycles. The fraction of sp³-hybridized carbons (Fsp3) is 0.476. The number of hydrogen-bond acceptors (Lipinski definition) is 4. The second-order valence-corrected chi connectivity index (χ2v) is 8.82. The summed E-state index contributed by atoms with van der Waals surface area (Å²) in [5, 5.41) is 2.88. The van der Waals surface area contributed by atoms with Crippen LogP contribution in [0.25, 0.3) is 0 Å². The van der Waals surface area contributed by atoms with Gasteiger partial charge in [0.25, 0.3) is 5.91 Å². The third kappa shape index (κ3) is 5.46. The zero-order valence-corrected chi connectivity index (χ0v) is 18.8. The van der Waals surface area contributed by atoms with Gasteiger partial charge in [-0.25, -0.2) is 8.42 Å². The zero-order chi connectivity index (χ0) is 21.6. The van der Waals surface area contributed by atoms with Gasteiger partial charge in [-0.2, -0.15) is 4.31 Å². The van der Waals surface area contributed by atoms with Gasteiger partial charge in [-0.05, 0) is 36.9 Å². The molecular formula is C21H32N4O3S. The molecular weight excluding hydrogens is 388 g/mol. The van der Waals surface area contributed by atoms with E-state index >= 15 is 0 Å². The quantitative estimate of drug-likeness (QED) is 0.641. The average Bonchev–Trinajstić information content (AvgIpc) is 3.10.